The van der Waals surface area contributed by atoms with Crippen LogP contribution in [-0.4, -0.2) is 80.2 Å². The third kappa shape index (κ3) is 8.56. The first kappa shape index (κ1) is 30.3. The summed E-state index contributed by atoms with van der Waals surface area (Å²) in [5.74, 6) is -5.51. The minimum absolute atomic E-state index is 0.0876. The van der Waals surface area contributed by atoms with Gasteiger partial charge in [0.25, 0.3) is 0 Å². The number of aliphatic carboxylic acids is 2. The lowest BCUT2D eigenvalue weighted by Gasteiger charge is -2.26. The number of aliphatic hydroxyl groups is 1. The fraction of sp³-hybridized carbons (Fsp3) is 0.480. The number of carbonyl (C=O) groups excluding carboxylic acids is 3. The van der Waals surface area contributed by atoms with Crippen molar-refractivity contribution in [3.05, 3.63) is 36.0 Å². The zero-order valence-electron chi connectivity index (χ0n) is 21.4. The van der Waals surface area contributed by atoms with E-state index < -0.39 is 66.4 Å². The molecule has 208 valence electrons. The molecular formula is C25H35N5O8. The number of aromatic amines is 1. The van der Waals surface area contributed by atoms with E-state index in [2.05, 4.69) is 20.9 Å². The van der Waals surface area contributed by atoms with Crippen molar-refractivity contribution >= 4 is 40.6 Å². The topological polar surface area (TPSA) is 224 Å². The molecule has 0 spiro atoms. The minimum atomic E-state index is -1.69. The highest BCUT2D eigenvalue weighted by atomic mass is 16.4. The predicted octanol–water partition coefficient (Wildman–Crippen LogP) is -0.522. The fourth-order valence-corrected chi connectivity index (χ4v) is 3.92. The van der Waals surface area contributed by atoms with E-state index in [-0.39, 0.29) is 12.3 Å². The van der Waals surface area contributed by atoms with Gasteiger partial charge in [-0.2, -0.15) is 0 Å². The molecule has 9 N–H and O–H groups in total. The van der Waals surface area contributed by atoms with Crippen molar-refractivity contribution in [3.8, 4) is 0 Å². The first-order chi connectivity index (χ1) is 17.8. The van der Waals surface area contributed by atoms with E-state index in [9.17, 15) is 39.3 Å². The molecule has 0 aliphatic carbocycles. The Balaban J connectivity index is 2.16. The molecule has 0 aliphatic heterocycles. The number of aliphatic hydroxyl groups excluding tert-OH is 1. The molecule has 0 aliphatic rings. The number of nitrogens with two attached hydrogens (primary N) is 1. The smallest absolute Gasteiger partial charge is 0.326 e. The quantitative estimate of drug-likeness (QED) is 0.156. The van der Waals surface area contributed by atoms with E-state index in [1.807, 2.05) is 13.8 Å². The summed E-state index contributed by atoms with van der Waals surface area (Å²) in [5, 5.41) is 36.6. The van der Waals surface area contributed by atoms with E-state index in [0.717, 1.165) is 10.9 Å². The average Bonchev–Trinajstić information content (AvgIpc) is 3.23. The Hall–Kier alpha value is -3.97. The van der Waals surface area contributed by atoms with Crippen LogP contribution in [0.1, 0.15) is 39.2 Å². The van der Waals surface area contributed by atoms with Gasteiger partial charge < -0.3 is 42.0 Å². The highest BCUT2D eigenvalue weighted by Crippen LogP contribution is 2.19. The number of H-pyrrole nitrogens is 1. The van der Waals surface area contributed by atoms with Gasteiger partial charge in [-0.15, -0.1) is 0 Å². The summed E-state index contributed by atoms with van der Waals surface area (Å²) >= 11 is 0. The Morgan fingerprint density at radius 1 is 0.921 bits per heavy atom. The van der Waals surface area contributed by atoms with Gasteiger partial charge in [-0.25, -0.2) is 4.79 Å². The van der Waals surface area contributed by atoms with Gasteiger partial charge in [0.2, 0.25) is 17.7 Å². The summed E-state index contributed by atoms with van der Waals surface area (Å²) in [6.45, 7) is 4.93. The average molecular weight is 534 g/mol. The van der Waals surface area contributed by atoms with Crippen LogP contribution in [0, 0.1) is 5.92 Å². The summed E-state index contributed by atoms with van der Waals surface area (Å²) in [5.41, 5.74) is 7.21. The van der Waals surface area contributed by atoms with Crippen LogP contribution in [0.3, 0.4) is 0 Å². The monoisotopic (exact) mass is 533 g/mol. The maximum absolute atomic E-state index is 12.9. The number of nitrogens with one attached hydrogen (secondary N) is 4. The number of fused-ring (bicyclic) bond motifs is 1. The van der Waals surface area contributed by atoms with Gasteiger partial charge in [0, 0.05) is 23.5 Å². The third-order valence-electron chi connectivity index (χ3n) is 5.85. The van der Waals surface area contributed by atoms with E-state index in [1.54, 1.807) is 30.5 Å². The molecule has 0 saturated heterocycles. The Kier molecular flexibility index (Phi) is 10.8. The molecule has 0 fully saturated rings. The number of para-hydroxylation sites is 1. The molecule has 5 atom stereocenters. The number of carboxylic acid groups (broad SMARTS) is 2. The molecule has 1 aromatic carbocycles. The van der Waals surface area contributed by atoms with Crippen molar-refractivity contribution in [2.75, 3.05) is 0 Å². The van der Waals surface area contributed by atoms with E-state index in [4.69, 9.17) is 5.73 Å². The highest BCUT2D eigenvalue weighted by molar-refractivity contribution is 5.96. The molecule has 0 saturated carbocycles. The molecule has 1 aromatic heterocycles. The van der Waals surface area contributed by atoms with Gasteiger partial charge in [-0.1, -0.05) is 32.0 Å². The lowest BCUT2D eigenvalue weighted by Crippen LogP contribution is -2.60. The summed E-state index contributed by atoms with van der Waals surface area (Å²) in [4.78, 5) is 64.5. The Morgan fingerprint density at radius 3 is 2.13 bits per heavy atom. The number of amides is 3. The Morgan fingerprint density at radius 2 is 1.55 bits per heavy atom. The summed E-state index contributed by atoms with van der Waals surface area (Å²) < 4.78 is 0. The normalized spacial score (nSPS) is 15.2. The van der Waals surface area contributed by atoms with E-state index in [1.165, 1.54) is 6.92 Å². The van der Waals surface area contributed by atoms with Gasteiger partial charge in [0.05, 0.1) is 18.6 Å². The molecule has 5 unspecified atom stereocenters. The lowest BCUT2D eigenvalue weighted by molar-refractivity contribution is -0.143. The maximum atomic E-state index is 12.9. The van der Waals surface area contributed by atoms with Crippen molar-refractivity contribution in [1.29, 1.82) is 0 Å². The number of rotatable bonds is 14. The zero-order valence-corrected chi connectivity index (χ0v) is 21.4. The largest absolute Gasteiger partial charge is 0.481 e. The van der Waals surface area contributed by atoms with E-state index in [0.29, 0.717) is 12.0 Å². The molecule has 3 amide bonds. The zero-order chi connectivity index (χ0) is 28.6. The van der Waals surface area contributed by atoms with Crippen molar-refractivity contribution < 1.29 is 39.3 Å². The molecule has 2 aromatic rings. The predicted molar refractivity (Wildman–Crippen MR) is 137 cm³/mol. The van der Waals surface area contributed by atoms with Crippen molar-refractivity contribution in [1.82, 2.24) is 20.9 Å². The van der Waals surface area contributed by atoms with Crippen molar-refractivity contribution in [3.63, 3.8) is 0 Å². The maximum Gasteiger partial charge on any atom is 0.326 e. The van der Waals surface area contributed by atoms with E-state index >= 15 is 0 Å². The summed E-state index contributed by atoms with van der Waals surface area (Å²) in [7, 11) is 0. The number of aromatic nitrogens is 1. The van der Waals surface area contributed by atoms with Gasteiger partial charge >= 0.3 is 11.9 Å². The first-order valence-electron chi connectivity index (χ1n) is 12.1. The van der Waals surface area contributed by atoms with Crippen molar-refractivity contribution in [2.24, 2.45) is 11.7 Å². The number of hydrogen-bond acceptors (Lipinski definition) is 7. The molecule has 2 rings (SSSR count). The standard InChI is InChI=1S/C25H35N5O8/c1-12(2)8-16(26)22(34)30-21(13(3)31)24(36)28-18(10-20(32)33)23(35)29-19(25(37)38)9-14-11-27-17-7-5-4-6-15(14)17/h4-7,11-13,16,18-19,21,27,31H,8-10,26H2,1-3H3,(H,28,36)(H,29,35)(H,30,34)(H,32,33)(H,37,38). The van der Waals surface area contributed by atoms with Crippen LogP contribution in [0.4, 0.5) is 0 Å². The molecule has 13 heteroatoms. The molecule has 13 nitrogen and oxygen atoms in total. The summed E-state index contributed by atoms with van der Waals surface area (Å²) in [6.07, 6.45) is -0.462. The molecule has 0 radical (unpaired) electrons. The van der Waals surface area contributed by atoms with Crippen molar-refractivity contribution in [2.45, 2.75) is 70.3 Å². The second-order valence-corrected chi connectivity index (χ2v) is 9.58. The van der Waals surface area contributed by atoms with Crippen LogP contribution in [0.15, 0.2) is 30.5 Å². The van der Waals surface area contributed by atoms with Crippen LogP contribution in [0.5, 0.6) is 0 Å². The lowest BCUT2D eigenvalue weighted by atomic mass is 10.0. The van der Waals surface area contributed by atoms with Crippen LogP contribution < -0.4 is 21.7 Å². The van der Waals surface area contributed by atoms with Gasteiger partial charge in [0.1, 0.15) is 18.1 Å². The first-order valence-corrected chi connectivity index (χ1v) is 12.1. The SMILES string of the molecule is CC(C)CC(N)C(=O)NC(C(=O)NC(CC(=O)O)C(=O)NC(Cc1c[nH]c2ccccc12)C(=O)O)C(C)O. The minimum Gasteiger partial charge on any atom is -0.481 e. The van der Waals surface area contributed by atoms with Crippen LogP contribution >= 0.6 is 0 Å². The molecular weight excluding hydrogens is 498 g/mol. The highest BCUT2D eigenvalue weighted by Gasteiger charge is 2.33. The van der Waals surface area contributed by atoms with Gasteiger partial charge in [0.15, 0.2) is 0 Å². The Bertz CT molecular complexity index is 1160. The number of benzene rings is 1. The third-order valence-corrected chi connectivity index (χ3v) is 5.85. The number of carbonyl (C=O) groups is 5. The van der Waals surface area contributed by atoms with Crippen LogP contribution in [0.25, 0.3) is 10.9 Å². The van der Waals surface area contributed by atoms with Gasteiger partial charge in [-0.05, 0) is 30.9 Å². The molecule has 1 heterocycles. The number of hydrogen-bond donors (Lipinski definition) is 8. The second-order valence-electron chi connectivity index (χ2n) is 9.58. The number of carboxylic acids is 2. The molecule has 0 bridgehead atoms. The summed E-state index contributed by atoms with van der Waals surface area (Å²) in [6, 6.07) is 1.56. The van der Waals surface area contributed by atoms with Crippen LogP contribution in [-0.2, 0) is 30.4 Å². The Labute approximate surface area is 219 Å². The fourth-order valence-electron chi connectivity index (χ4n) is 3.92. The molecule has 38 heavy (non-hydrogen) atoms. The second kappa shape index (κ2) is 13.5. The van der Waals surface area contributed by atoms with Crippen LogP contribution in [0.2, 0.25) is 0 Å². The van der Waals surface area contributed by atoms with Gasteiger partial charge in [-0.3, -0.25) is 19.2 Å².